The number of ether oxygens (including phenoxy) is 1. The lowest BCUT2D eigenvalue weighted by Crippen LogP contribution is -2.19. The normalized spacial score (nSPS) is 13.4. The van der Waals surface area contributed by atoms with Gasteiger partial charge in [-0.1, -0.05) is 13.3 Å². The van der Waals surface area contributed by atoms with Crippen LogP contribution < -0.4 is 5.32 Å². The smallest absolute Gasteiger partial charge is 0.411 e. The van der Waals surface area contributed by atoms with E-state index in [9.17, 15) is 19.7 Å². The van der Waals surface area contributed by atoms with Crippen molar-refractivity contribution in [1.29, 1.82) is 0 Å². The number of carbonyl (C=O) groups excluding carboxylic acids is 2. The Bertz CT molecular complexity index is 612. The summed E-state index contributed by atoms with van der Waals surface area (Å²) in [4.78, 5) is 34.2. The van der Waals surface area contributed by atoms with Crippen molar-refractivity contribution in [3.63, 3.8) is 0 Å². The fraction of sp³-hybridized carbons (Fsp3) is 0.467. The molecule has 0 radical (unpaired) electrons. The van der Waals surface area contributed by atoms with Gasteiger partial charge in [-0.15, -0.1) is 0 Å². The highest BCUT2D eigenvalue weighted by atomic mass is 16.6. The molecular weight excluding hydrogens is 288 g/mol. The zero-order valence-corrected chi connectivity index (χ0v) is 12.4. The molecule has 0 saturated carbocycles. The molecule has 0 saturated heterocycles. The van der Waals surface area contributed by atoms with Crippen molar-refractivity contribution >= 4 is 23.3 Å². The van der Waals surface area contributed by atoms with Crippen LogP contribution in [0.15, 0.2) is 12.1 Å². The lowest BCUT2D eigenvalue weighted by atomic mass is 9.88. The summed E-state index contributed by atoms with van der Waals surface area (Å²) in [7, 11) is 0. The van der Waals surface area contributed by atoms with Gasteiger partial charge in [0, 0.05) is 18.2 Å². The van der Waals surface area contributed by atoms with Crippen LogP contribution in [0.3, 0.4) is 0 Å². The van der Waals surface area contributed by atoms with Crippen LogP contribution in [0.1, 0.15) is 48.5 Å². The van der Waals surface area contributed by atoms with Crippen molar-refractivity contribution in [2.45, 2.75) is 39.0 Å². The highest BCUT2D eigenvalue weighted by Gasteiger charge is 2.29. The minimum Gasteiger partial charge on any atom is -0.449 e. The highest BCUT2D eigenvalue weighted by Crippen LogP contribution is 2.34. The second-order valence-corrected chi connectivity index (χ2v) is 5.13. The molecule has 22 heavy (non-hydrogen) atoms. The number of rotatable bonds is 5. The van der Waals surface area contributed by atoms with Crippen molar-refractivity contribution in [2.75, 3.05) is 11.9 Å². The number of Topliss-reactive ketones (excluding diaryl/α,β-unsaturated/α-hetero) is 1. The standard InChI is InChI=1S/C15H18N2O5/c1-2-3-9-22-15(19)16-11-7-8-12(17(20)21)14-10(11)5-4-6-13(14)18/h7-8H,2-6,9H2,1H3,(H,16,19). The van der Waals surface area contributed by atoms with Crippen molar-refractivity contribution in [2.24, 2.45) is 0 Å². The lowest BCUT2D eigenvalue weighted by Gasteiger charge is -2.18. The van der Waals surface area contributed by atoms with Crippen LogP contribution in [0, 0.1) is 10.1 Å². The molecule has 0 fully saturated rings. The van der Waals surface area contributed by atoms with E-state index in [4.69, 9.17) is 4.74 Å². The number of anilines is 1. The third-order valence-electron chi connectivity index (χ3n) is 3.56. The van der Waals surface area contributed by atoms with Crippen LogP contribution in [-0.2, 0) is 11.2 Å². The third kappa shape index (κ3) is 3.41. The molecule has 1 aliphatic rings. The summed E-state index contributed by atoms with van der Waals surface area (Å²) >= 11 is 0. The molecule has 0 atom stereocenters. The van der Waals surface area contributed by atoms with E-state index in [1.54, 1.807) is 0 Å². The first-order valence-electron chi connectivity index (χ1n) is 7.31. The second-order valence-electron chi connectivity index (χ2n) is 5.13. The van der Waals surface area contributed by atoms with Crippen LogP contribution in [0.4, 0.5) is 16.2 Å². The van der Waals surface area contributed by atoms with Gasteiger partial charge in [0.2, 0.25) is 0 Å². The summed E-state index contributed by atoms with van der Waals surface area (Å²) in [5.41, 5.74) is 0.847. The Kier molecular flexibility index (Phi) is 5.08. The van der Waals surface area contributed by atoms with E-state index in [0.29, 0.717) is 30.7 Å². The van der Waals surface area contributed by atoms with Gasteiger partial charge >= 0.3 is 6.09 Å². The SMILES string of the molecule is CCCCOC(=O)Nc1ccc([N+](=O)[O-])c2c1CCCC2=O. The number of carbonyl (C=O) groups is 2. The predicted octanol–water partition coefficient (Wildman–Crippen LogP) is 3.46. The van der Waals surface area contributed by atoms with Crippen LogP contribution in [0.5, 0.6) is 0 Å². The molecule has 1 aliphatic carbocycles. The van der Waals surface area contributed by atoms with Gasteiger partial charge < -0.3 is 4.74 Å². The number of amides is 1. The molecule has 0 aliphatic heterocycles. The fourth-order valence-corrected chi connectivity index (χ4v) is 2.48. The maximum absolute atomic E-state index is 12.0. The van der Waals surface area contributed by atoms with Gasteiger partial charge in [0.1, 0.15) is 5.56 Å². The molecule has 0 aromatic heterocycles. The number of benzene rings is 1. The quantitative estimate of drug-likeness (QED) is 0.510. The Morgan fingerprint density at radius 2 is 2.18 bits per heavy atom. The van der Waals surface area contributed by atoms with E-state index in [0.717, 1.165) is 12.8 Å². The monoisotopic (exact) mass is 306 g/mol. The van der Waals surface area contributed by atoms with Gasteiger partial charge in [-0.25, -0.2) is 4.79 Å². The third-order valence-corrected chi connectivity index (χ3v) is 3.56. The molecule has 0 spiro atoms. The van der Waals surface area contributed by atoms with E-state index in [-0.39, 0.29) is 23.5 Å². The Labute approximate surface area is 127 Å². The van der Waals surface area contributed by atoms with Crippen molar-refractivity contribution in [3.05, 3.63) is 33.4 Å². The molecule has 0 unspecified atom stereocenters. The summed E-state index contributed by atoms with van der Waals surface area (Å²) < 4.78 is 5.01. The topological polar surface area (TPSA) is 98.5 Å². The molecule has 7 nitrogen and oxygen atoms in total. The van der Waals surface area contributed by atoms with Gasteiger partial charge in [0.05, 0.1) is 11.5 Å². The molecule has 0 bridgehead atoms. The molecule has 0 heterocycles. The Balaban J connectivity index is 2.26. The van der Waals surface area contributed by atoms with Crippen molar-refractivity contribution in [3.8, 4) is 0 Å². The summed E-state index contributed by atoms with van der Waals surface area (Å²) in [6.45, 7) is 2.30. The Hall–Kier alpha value is -2.44. The number of nitrogens with zero attached hydrogens (tertiary/aromatic N) is 1. The first-order valence-corrected chi connectivity index (χ1v) is 7.31. The fourth-order valence-electron chi connectivity index (χ4n) is 2.48. The second kappa shape index (κ2) is 7.02. The minimum atomic E-state index is -0.609. The lowest BCUT2D eigenvalue weighted by molar-refractivity contribution is -0.385. The molecule has 1 aromatic carbocycles. The largest absolute Gasteiger partial charge is 0.449 e. The molecule has 118 valence electrons. The first kappa shape index (κ1) is 15.9. The molecule has 1 amide bonds. The maximum Gasteiger partial charge on any atom is 0.411 e. The van der Waals surface area contributed by atoms with Gasteiger partial charge in [-0.05, 0) is 30.9 Å². The van der Waals surface area contributed by atoms with Crippen LogP contribution in [0.25, 0.3) is 0 Å². The Morgan fingerprint density at radius 1 is 1.41 bits per heavy atom. The number of hydrogen-bond donors (Lipinski definition) is 1. The summed E-state index contributed by atoms with van der Waals surface area (Å²) in [5.74, 6) is -0.254. The summed E-state index contributed by atoms with van der Waals surface area (Å²) in [6, 6.07) is 2.71. The van der Waals surface area contributed by atoms with Crippen LogP contribution in [-0.4, -0.2) is 23.4 Å². The van der Waals surface area contributed by atoms with Gasteiger partial charge in [-0.2, -0.15) is 0 Å². The first-order chi connectivity index (χ1) is 10.5. The predicted molar refractivity (Wildman–Crippen MR) is 80.2 cm³/mol. The van der Waals surface area contributed by atoms with Gasteiger partial charge in [0.25, 0.3) is 5.69 Å². The van der Waals surface area contributed by atoms with Crippen molar-refractivity contribution < 1.29 is 19.2 Å². The van der Waals surface area contributed by atoms with Gasteiger partial charge in [0.15, 0.2) is 5.78 Å². The molecule has 2 rings (SSSR count). The molecule has 1 N–H and O–H groups in total. The number of nitrogens with one attached hydrogen (secondary N) is 1. The van der Waals surface area contributed by atoms with E-state index in [1.165, 1.54) is 12.1 Å². The van der Waals surface area contributed by atoms with Crippen LogP contribution in [0.2, 0.25) is 0 Å². The molecule has 1 aromatic rings. The summed E-state index contributed by atoms with van der Waals surface area (Å²) in [6.07, 6.45) is 2.50. The average molecular weight is 306 g/mol. The van der Waals surface area contributed by atoms with Crippen LogP contribution >= 0.6 is 0 Å². The number of nitro groups is 1. The summed E-state index contributed by atoms with van der Waals surface area (Å²) in [5, 5.41) is 13.6. The molecular formula is C15H18N2O5. The number of unbranched alkanes of at least 4 members (excludes halogenated alkanes) is 1. The number of ketones is 1. The Morgan fingerprint density at radius 3 is 2.86 bits per heavy atom. The minimum absolute atomic E-state index is 0.114. The number of fused-ring (bicyclic) bond motifs is 1. The average Bonchev–Trinajstić information content (AvgIpc) is 2.48. The van der Waals surface area contributed by atoms with E-state index >= 15 is 0 Å². The van der Waals surface area contributed by atoms with Crippen molar-refractivity contribution in [1.82, 2.24) is 0 Å². The van der Waals surface area contributed by atoms with E-state index in [2.05, 4.69) is 5.32 Å². The zero-order chi connectivity index (χ0) is 16.1. The highest BCUT2D eigenvalue weighted by molar-refractivity contribution is 6.04. The number of hydrogen-bond acceptors (Lipinski definition) is 5. The number of nitro benzene ring substituents is 1. The molecule has 7 heteroatoms. The van der Waals surface area contributed by atoms with Gasteiger partial charge in [-0.3, -0.25) is 20.2 Å². The van der Waals surface area contributed by atoms with E-state index < -0.39 is 11.0 Å². The van der Waals surface area contributed by atoms with E-state index in [1.807, 2.05) is 6.92 Å². The zero-order valence-electron chi connectivity index (χ0n) is 12.4. The maximum atomic E-state index is 12.0.